The summed E-state index contributed by atoms with van der Waals surface area (Å²) in [6.07, 6.45) is 3.19. The van der Waals surface area contributed by atoms with Crippen molar-refractivity contribution < 1.29 is 9.18 Å². The molecule has 2 aromatic heterocycles. The van der Waals surface area contributed by atoms with Gasteiger partial charge in [0.15, 0.2) is 11.5 Å². The molecule has 120 valence electrons. The molecule has 0 unspecified atom stereocenters. The Kier molecular flexibility index (Phi) is 3.96. The maximum absolute atomic E-state index is 13.5. The first-order valence-corrected chi connectivity index (χ1v) is 7.26. The Morgan fingerprint density at radius 1 is 1.38 bits per heavy atom. The SMILES string of the molecule is CC(=O)c1cc(F)ccc1-n1nc(C)cc1Cn1cnc(C#N)c1. The van der Waals surface area contributed by atoms with Gasteiger partial charge in [-0.2, -0.15) is 10.4 Å². The van der Waals surface area contributed by atoms with E-state index in [4.69, 9.17) is 5.26 Å². The van der Waals surface area contributed by atoms with Crippen molar-refractivity contribution in [2.24, 2.45) is 0 Å². The number of ketones is 1. The Morgan fingerprint density at radius 3 is 2.83 bits per heavy atom. The predicted molar refractivity (Wildman–Crippen MR) is 84.3 cm³/mol. The highest BCUT2D eigenvalue weighted by atomic mass is 19.1. The standard InChI is InChI=1S/C17H14FN5O/c1-11-5-15(9-22-8-14(7-19)20-10-22)23(21-11)17-4-3-13(18)6-16(17)12(2)24/h3-6,8,10H,9H2,1-2H3. The molecule has 0 aliphatic rings. The Bertz CT molecular complexity index is 964. The first-order valence-electron chi connectivity index (χ1n) is 7.26. The second kappa shape index (κ2) is 6.08. The van der Waals surface area contributed by atoms with Crippen molar-refractivity contribution in [3.05, 3.63) is 65.3 Å². The molecule has 0 N–H and O–H groups in total. The summed E-state index contributed by atoms with van der Waals surface area (Å²) in [5.74, 6) is -0.708. The number of benzene rings is 1. The second-order valence-electron chi connectivity index (χ2n) is 5.45. The van der Waals surface area contributed by atoms with E-state index in [9.17, 15) is 9.18 Å². The summed E-state index contributed by atoms with van der Waals surface area (Å²) in [5, 5.41) is 13.3. The fourth-order valence-corrected chi connectivity index (χ4v) is 2.54. The molecular formula is C17H14FN5O. The third-order valence-electron chi connectivity index (χ3n) is 3.56. The van der Waals surface area contributed by atoms with Crippen LogP contribution in [-0.2, 0) is 6.54 Å². The number of Topliss-reactive ketones (excluding diaryl/α,β-unsaturated/α-hetero) is 1. The molecule has 0 aliphatic heterocycles. The molecule has 0 saturated heterocycles. The smallest absolute Gasteiger partial charge is 0.162 e. The van der Waals surface area contributed by atoms with Gasteiger partial charge in [0.05, 0.1) is 29.9 Å². The fraction of sp³-hybridized carbons (Fsp3) is 0.176. The van der Waals surface area contributed by atoms with Gasteiger partial charge in [0.25, 0.3) is 0 Å². The van der Waals surface area contributed by atoms with Crippen molar-refractivity contribution in [3.8, 4) is 11.8 Å². The zero-order chi connectivity index (χ0) is 17.3. The monoisotopic (exact) mass is 323 g/mol. The molecule has 3 aromatic rings. The van der Waals surface area contributed by atoms with Gasteiger partial charge < -0.3 is 4.57 Å². The first-order chi connectivity index (χ1) is 11.5. The molecular weight excluding hydrogens is 309 g/mol. The number of hydrogen-bond donors (Lipinski definition) is 0. The molecule has 0 radical (unpaired) electrons. The molecule has 7 heteroatoms. The predicted octanol–water partition coefficient (Wildman–Crippen LogP) is 2.64. The average molecular weight is 323 g/mol. The van der Waals surface area contributed by atoms with Gasteiger partial charge in [0.2, 0.25) is 0 Å². The van der Waals surface area contributed by atoms with Gasteiger partial charge in [0.1, 0.15) is 11.9 Å². The van der Waals surface area contributed by atoms with Crippen molar-refractivity contribution in [1.29, 1.82) is 5.26 Å². The van der Waals surface area contributed by atoms with E-state index in [0.717, 1.165) is 11.4 Å². The van der Waals surface area contributed by atoms with Crippen LogP contribution in [0, 0.1) is 24.1 Å². The summed E-state index contributed by atoms with van der Waals surface area (Å²) in [7, 11) is 0. The number of carbonyl (C=O) groups is 1. The lowest BCUT2D eigenvalue weighted by molar-refractivity contribution is 0.101. The number of nitrogens with zero attached hydrogens (tertiary/aromatic N) is 5. The topological polar surface area (TPSA) is 76.5 Å². The van der Waals surface area contributed by atoms with Crippen LogP contribution in [0.15, 0.2) is 36.8 Å². The fourth-order valence-electron chi connectivity index (χ4n) is 2.54. The highest BCUT2D eigenvalue weighted by molar-refractivity contribution is 5.97. The summed E-state index contributed by atoms with van der Waals surface area (Å²) in [6, 6.07) is 7.90. The number of nitriles is 1. The maximum atomic E-state index is 13.5. The second-order valence-corrected chi connectivity index (χ2v) is 5.45. The van der Waals surface area contributed by atoms with Crippen LogP contribution >= 0.6 is 0 Å². The van der Waals surface area contributed by atoms with Crippen molar-refractivity contribution >= 4 is 5.78 Å². The van der Waals surface area contributed by atoms with Gasteiger partial charge in [-0.15, -0.1) is 0 Å². The van der Waals surface area contributed by atoms with E-state index >= 15 is 0 Å². The van der Waals surface area contributed by atoms with Crippen molar-refractivity contribution in [3.63, 3.8) is 0 Å². The lowest BCUT2D eigenvalue weighted by atomic mass is 10.1. The van der Waals surface area contributed by atoms with Crippen molar-refractivity contribution in [1.82, 2.24) is 19.3 Å². The third kappa shape index (κ3) is 2.94. The van der Waals surface area contributed by atoms with E-state index in [1.165, 1.54) is 25.1 Å². The Balaban J connectivity index is 2.07. The van der Waals surface area contributed by atoms with E-state index in [2.05, 4.69) is 10.1 Å². The molecule has 3 rings (SSSR count). The van der Waals surface area contributed by atoms with E-state index < -0.39 is 5.82 Å². The van der Waals surface area contributed by atoms with Gasteiger partial charge in [0, 0.05) is 11.8 Å². The van der Waals surface area contributed by atoms with Crippen LogP contribution in [0.3, 0.4) is 0 Å². The van der Waals surface area contributed by atoms with Crippen LogP contribution in [0.1, 0.15) is 34.4 Å². The van der Waals surface area contributed by atoms with Crippen LogP contribution in [0.2, 0.25) is 0 Å². The van der Waals surface area contributed by atoms with Crippen LogP contribution in [0.4, 0.5) is 4.39 Å². The van der Waals surface area contributed by atoms with E-state index in [-0.39, 0.29) is 11.3 Å². The van der Waals surface area contributed by atoms with Gasteiger partial charge in [-0.3, -0.25) is 4.79 Å². The largest absolute Gasteiger partial charge is 0.330 e. The molecule has 1 aromatic carbocycles. The summed E-state index contributed by atoms with van der Waals surface area (Å²) >= 11 is 0. The van der Waals surface area contributed by atoms with Crippen LogP contribution < -0.4 is 0 Å². The lowest BCUT2D eigenvalue weighted by Gasteiger charge is -2.11. The molecule has 0 spiro atoms. The quantitative estimate of drug-likeness (QED) is 0.692. The first kappa shape index (κ1) is 15.6. The van der Waals surface area contributed by atoms with Gasteiger partial charge >= 0.3 is 0 Å². The molecule has 0 amide bonds. The average Bonchev–Trinajstić information content (AvgIpc) is 3.14. The molecule has 6 nitrogen and oxygen atoms in total. The zero-order valence-electron chi connectivity index (χ0n) is 13.2. The number of rotatable bonds is 4. The molecule has 0 fully saturated rings. The number of aryl methyl sites for hydroxylation is 1. The normalized spacial score (nSPS) is 10.6. The minimum atomic E-state index is -0.470. The molecule has 2 heterocycles. The van der Waals surface area contributed by atoms with Crippen molar-refractivity contribution in [2.75, 3.05) is 0 Å². The maximum Gasteiger partial charge on any atom is 0.162 e. The van der Waals surface area contributed by atoms with Crippen LogP contribution in [0.25, 0.3) is 5.69 Å². The number of carbonyl (C=O) groups excluding carboxylic acids is 1. The van der Waals surface area contributed by atoms with Gasteiger partial charge in [-0.1, -0.05) is 0 Å². The Morgan fingerprint density at radius 2 is 2.17 bits per heavy atom. The molecule has 0 saturated carbocycles. The lowest BCUT2D eigenvalue weighted by Crippen LogP contribution is -2.10. The number of halogens is 1. The zero-order valence-corrected chi connectivity index (χ0v) is 13.2. The summed E-state index contributed by atoms with van der Waals surface area (Å²) in [4.78, 5) is 15.8. The summed E-state index contributed by atoms with van der Waals surface area (Å²) < 4.78 is 16.9. The van der Waals surface area contributed by atoms with Crippen molar-refractivity contribution in [2.45, 2.75) is 20.4 Å². The minimum Gasteiger partial charge on any atom is -0.330 e. The van der Waals surface area contributed by atoms with Gasteiger partial charge in [-0.25, -0.2) is 14.1 Å². The summed E-state index contributed by atoms with van der Waals surface area (Å²) in [5.41, 5.74) is 2.67. The number of aromatic nitrogens is 4. The number of imidazole rings is 1. The Hall–Kier alpha value is -3.27. The van der Waals surface area contributed by atoms with E-state index in [1.54, 1.807) is 21.8 Å². The van der Waals surface area contributed by atoms with E-state index in [0.29, 0.717) is 17.9 Å². The van der Waals surface area contributed by atoms with Crippen LogP contribution in [0.5, 0.6) is 0 Å². The Labute approximate surface area is 137 Å². The van der Waals surface area contributed by atoms with E-state index in [1.807, 2.05) is 19.1 Å². The minimum absolute atomic E-state index is 0.238. The third-order valence-corrected chi connectivity index (χ3v) is 3.56. The van der Waals surface area contributed by atoms with Gasteiger partial charge in [-0.05, 0) is 38.1 Å². The highest BCUT2D eigenvalue weighted by Crippen LogP contribution is 2.20. The number of hydrogen-bond acceptors (Lipinski definition) is 4. The highest BCUT2D eigenvalue weighted by Gasteiger charge is 2.15. The molecule has 0 aliphatic carbocycles. The molecule has 0 atom stereocenters. The molecule has 24 heavy (non-hydrogen) atoms. The van der Waals surface area contributed by atoms with Crippen LogP contribution in [-0.4, -0.2) is 25.1 Å². The summed E-state index contributed by atoms with van der Waals surface area (Å²) in [6.45, 7) is 3.65. The molecule has 0 bridgehead atoms.